The fraction of sp³-hybridized carbons (Fsp3) is 0.190. The quantitative estimate of drug-likeness (QED) is 0.534. The number of methoxy groups -OCH3 is 1. The van der Waals surface area contributed by atoms with E-state index in [1.165, 1.54) is 4.88 Å². The summed E-state index contributed by atoms with van der Waals surface area (Å²) < 4.78 is 5.19. The lowest BCUT2D eigenvalue weighted by Gasteiger charge is -2.37. The summed E-state index contributed by atoms with van der Waals surface area (Å²) >= 11 is 14.3. The van der Waals surface area contributed by atoms with Gasteiger partial charge in [-0.2, -0.15) is 0 Å². The minimum Gasteiger partial charge on any atom is -0.497 e. The normalized spacial score (nSPS) is 16.1. The van der Waals surface area contributed by atoms with Crippen molar-refractivity contribution in [2.24, 2.45) is 0 Å². The number of halogens is 2. The van der Waals surface area contributed by atoms with Crippen LogP contribution in [0.2, 0.25) is 10.0 Å². The van der Waals surface area contributed by atoms with E-state index < -0.39 is 0 Å². The molecule has 1 aliphatic rings. The maximum atomic E-state index is 13.3. The molecule has 2 heterocycles. The van der Waals surface area contributed by atoms with Crippen molar-refractivity contribution < 1.29 is 9.53 Å². The lowest BCUT2D eigenvalue weighted by molar-refractivity contribution is 0.0696. The van der Waals surface area contributed by atoms with Crippen LogP contribution in [0, 0.1) is 0 Å². The minimum atomic E-state index is -0.223. The van der Waals surface area contributed by atoms with Gasteiger partial charge in [0.1, 0.15) is 5.75 Å². The molecule has 0 radical (unpaired) electrons. The highest BCUT2D eigenvalue weighted by atomic mass is 35.5. The molecule has 0 fully saturated rings. The van der Waals surface area contributed by atoms with E-state index in [4.69, 9.17) is 27.9 Å². The molecule has 3 aromatic rings. The van der Waals surface area contributed by atoms with E-state index >= 15 is 0 Å². The molecule has 1 amide bonds. The molecule has 1 aromatic heterocycles. The van der Waals surface area contributed by atoms with Gasteiger partial charge in [0.05, 0.1) is 13.2 Å². The van der Waals surface area contributed by atoms with Crippen molar-refractivity contribution >= 4 is 40.4 Å². The Hall–Kier alpha value is -2.01. The van der Waals surface area contributed by atoms with Crippen molar-refractivity contribution in [3.8, 4) is 5.75 Å². The van der Waals surface area contributed by atoms with Crippen LogP contribution >= 0.6 is 34.5 Å². The number of benzene rings is 2. The van der Waals surface area contributed by atoms with Crippen molar-refractivity contribution in [1.82, 2.24) is 4.90 Å². The first kappa shape index (κ1) is 18.4. The van der Waals surface area contributed by atoms with E-state index in [1.54, 1.807) is 48.8 Å². The molecule has 2 aromatic carbocycles. The molecule has 0 aliphatic carbocycles. The Morgan fingerprint density at radius 3 is 2.59 bits per heavy atom. The topological polar surface area (TPSA) is 29.5 Å². The highest BCUT2D eigenvalue weighted by molar-refractivity contribution is 7.10. The van der Waals surface area contributed by atoms with Crippen LogP contribution in [-0.2, 0) is 6.42 Å². The van der Waals surface area contributed by atoms with E-state index in [0.717, 1.165) is 23.3 Å². The number of thiophene rings is 1. The number of nitrogens with zero attached hydrogens (tertiary/aromatic N) is 1. The average Bonchev–Trinajstić information content (AvgIpc) is 3.16. The van der Waals surface area contributed by atoms with Gasteiger partial charge >= 0.3 is 0 Å². The maximum absolute atomic E-state index is 13.3. The standard InChI is InChI=1S/C21H17Cl2NO2S/c1-26-15-5-2-13(3-6-15)21(25)24-10-8-19-17(9-11-27-19)20(24)16-7-4-14(22)12-18(16)23/h2-7,9,11-12,20H,8,10H2,1H3/t20-/m0/s1. The molecule has 4 rings (SSSR count). The van der Waals surface area contributed by atoms with Gasteiger partial charge in [-0.05, 0) is 65.4 Å². The van der Waals surface area contributed by atoms with Crippen LogP contribution in [0.4, 0.5) is 0 Å². The number of carbonyl (C=O) groups excluding carboxylic acids is 1. The van der Waals surface area contributed by atoms with Gasteiger partial charge in [0.15, 0.2) is 0 Å². The molecule has 0 spiro atoms. The second-order valence-corrected chi connectivity index (χ2v) is 8.19. The number of rotatable bonds is 3. The van der Waals surface area contributed by atoms with Crippen molar-refractivity contribution in [2.75, 3.05) is 13.7 Å². The first-order valence-corrected chi connectivity index (χ1v) is 10.2. The van der Waals surface area contributed by atoms with E-state index in [9.17, 15) is 4.79 Å². The zero-order valence-corrected chi connectivity index (χ0v) is 16.9. The van der Waals surface area contributed by atoms with Crippen LogP contribution in [0.15, 0.2) is 53.9 Å². The van der Waals surface area contributed by atoms with Crippen LogP contribution in [0.1, 0.15) is 32.4 Å². The van der Waals surface area contributed by atoms with Crippen LogP contribution in [-0.4, -0.2) is 24.5 Å². The lowest BCUT2D eigenvalue weighted by atomic mass is 9.92. The third kappa shape index (κ3) is 3.45. The molecular formula is C21H17Cl2NO2S. The van der Waals surface area contributed by atoms with Gasteiger partial charge in [-0.1, -0.05) is 29.3 Å². The summed E-state index contributed by atoms with van der Waals surface area (Å²) in [7, 11) is 1.61. The zero-order valence-electron chi connectivity index (χ0n) is 14.6. The van der Waals surface area contributed by atoms with Gasteiger partial charge < -0.3 is 9.64 Å². The van der Waals surface area contributed by atoms with Gasteiger partial charge in [0, 0.05) is 27.0 Å². The molecule has 0 saturated carbocycles. The molecule has 0 saturated heterocycles. The molecule has 3 nitrogen and oxygen atoms in total. The third-order valence-electron chi connectivity index (χ3n) is 4.82. The Bertz CT molecular complexity index is 984. The summed E-state index contributed by atoms with van der Waals surface area (Å²) in [5.41, 5.74) is 2.66. The van der Waals surface area contributed by atoms with Crippen molar-refractivity contribution in [3.63, 3.8) is 0 Å². The van der Waals surface area contributed by atoms with Crippen LogP contribution in [0.3, 0.4) is 0 Å². The molecule has 1 atom stereocenters. The third-order valence-corrected chi connectivity index (χ3v) is 6.38. The highest BCUT2D eigenvalue weighted by Crippen LogP contribution is 2.41. The van der Waals surface area contributed by atoms with Gasteiger partial charge in [-0.25, -0.2) is 0 Å². The summed E-state index contributed by atoms with van der Waals surface area (Å²) in [5.74, 6) is 0.702. The number of hydrogen-bond acceptors (Lipinski definition) is 3. The van der Waals surface area contributed by atoms with Crippen molar-refractivity contribution in [1.29, 1.82) is 0 Å². The molecular weight excluding hydrogens is 401 g/mol. The number of hydrogen-bond donors (Lipinski definition) is 0. The Balaban J connectivity index is 1.77. The molecule has 27 heavy (non-hydrogen) atoms. The predicted molar refractivity (Wildman–Crippen MR) is 110 cm³/mol. The van der Waals surface area contributed by atoms with Crippen LogP contribution in [0.5, 0.6) is 5.75 Å². The molecule has 0 bridgehead atoms. The van der Waals surface area contributed by atoms with Crippen LogP contribution < -0.4 is 4.74 Å². The van der Waals surface area contributed by atoms with Gasteiger partial charge in [0.2, 0.25) is 0 Å². The van der Waals surface area contributed by atoms with Crippen molar-refractivity contribution in [2.45, 2.75) is 12.5 Å². The van der Waals surface area contributed by atoms with E-state index in [0.29, 0.717) is 22.2 Å². The second kappa shape index (κ2) is 7.55. The summed E-state index contributed by atoms with van der Waals surface area (Å²) in [6.45, 7) is 0.641. The summed E-state index contributed by atoms with van der Waals surface area (Å²) in [4.78, 5) is 16.5. The molecule has 0 unspecified atom stereocenters. The zero-order chi connectivity index (χ0) is 19.0. The molecule has 138 valence electrons. The highest BCUT2D eigenvalue weighted by Gasteiger charge is 2.34. The van der Waals surface area contributed by atoms with E-state index in [2.05, 4.69) is 11.4 Å². The largest absolute Gasteiger partial charge is 0.497 e. The van der Waals surface area contributed by atoms with Gasteiger partial charge in [-0.15, -0.1) is 11.3 Å². The Morgan fingerprint density at radius 2 is 1.89 bits per heavy atom. The summed E-state index contributed by atoms with van der Waals surface area (Å²) in [5, 5.41) is 3.22. The molecule has 1 aliphatic heterocycles. The first-order valence-electron chi connectivity index (χ1n) is 8.54. The summed E-state index contributed by atoms with van der Waals surface area (Å²) in [6.07, 6.45) is 0.844. The van der Waals surface area contributed by atoms with E-state index in [-0.39, 0.29) is 11.9 Å². The first-order chi connectivity index (χ1) is 13.1. The monoisotopic (exact) mass is 417 g/mol. The second-order valence-electron chi connectivity index (χ2n) is 6.34. The van der Waals surface area contributed by atoms with Crippen molar-refractivity contribution in [3.05, 3.63) is 85.5 Å². The fourth-order valence-electron chi connectivity index (χ4n) is 3.49. The Kier molecular flexibility index (Phi) is 5.13. The number of carbonyl (C=O) groups is 1. The number of amides is 1. The minimum absolute atomic E-state index is 0.0227. The lowest BCUT2D eigenvalue weighted by Crippen LogP contribution is -2.40. The Labute approximate surface area is 172 Å². The average molecular weight is 418 g/mol. The van der Waals surface area contributed by atoms with Gasteiger partial charge in [-0.3, -0.25) is 4.79 Å². The molecule has 6 heteroatoms. The van der Waals surface area contributed by atoms with Crippen LogP contribution in [0.25, 0.3) is 0 Å². The fourth-order valence-corrected chi connectivity index (χ4v) is 4.91. The number of fused-ring (bicyclic) bond motifs is 1. The number of ether oxygens (including phenoxy) is 1. The van der Waals surface area contributed by atoms with Gasteiger partial charge in [0.25, 0.3) is 5.91 Å². The predicted octanol–water partition coefficient (Wildman–Crippen LogP) is 5.85. The maximum Gasteiger partial charge on any atom is 0.254 e. The summed E-state index contributed by atoms with van der Waals surface area (Å²) in [6, 6.07) is 14.5. The Morgan fingerprint density at radius 1 is 1.11 bits per heavy atom. The van der Waals surface area contributed by atoms with E-state index in [1.807, 2.05) is 17.0 Å². The smallest absolute Gasteiger partial charge is 0.254 e. The SMILES string of the molecule is COc1ccc(C(=O)N2CCc3sccc3[C@@H]2c2ccc(Cl)cc2Cl)cc1. The molecule has 0 N–H and O–H groups in total.